The molecule has 2 rings (SSSR count). The molecule has 2 unspecified atom stereocenters. The van der Waals surface area contributed by atoms with E-state index in [1.807, 2.05) is 6.07 Å². The number of nitriles is 1. The van der Waals surface area contributed by atoms with Crippen LogP contribution in [0.5, 0.6) is 0 Å². The highest BCUT2D eigenvalue weighted by Gasteiger charge is 2.38. The molecule has 0 radical (unpaired) electrons. The largest absolute Gasteiger partial charge is 0.395 e. The second-order valence-electron chi connectivity index (χ2n) is 3.84. The van der Waals surface area contributed by atoms with Gasteiger partial charge in [-0.05, 0) is 11.6 Å². The summed E-state index contributed by atoms with van der Waals surface area (Å²) >= 11 is 0. The molecule has 1 aliphatic rings. The summed E-state index contributed by atoms with van der Waals surface area (Å²) in [4.78, 5) is 0.300. The first kappa shape index (κ1) is 11.1. The molecule has 0 aromatic heterocycles. The highest BCUT2D eigenvalue weighted by atomic mass is 32.2. The van der Waals surface area contributed by atoms with Gasteiger partial charge < -0.3 is 5.11 Å². The maximum Gasteiger partial charge on any atom is 0.179 e. The molecule has 1 aromatic carbocycles. The van der Waals surface area contributed by atoms with Crippen LogP contribution >= 0.6 is 0 Å². The molecular formula is C11H11NO3S. The van der Waals surface area contributed by atoms with Gasteiger partial charge in [0, 0.05) is 5.92 Å². The molecule has 0 spiro atoms. The van der Waals surface area contributed by atoms with Gasteiger partial charge in [-0.2, -0.15) is 5.26 Å². The lowest BCUT2D eigenvalue weighted by atomic mass is 9.89. The van der Waals surface area contributed by atoms with E-state index in [0.717, 1.165) is 0 Å². The quantitative estimate of drug-likeness (QED) is 0.820. The topological polar surface area (TPSA) is 78.2 Å². The molecular weight excluding hydrogens is 226 g/mol. The van der Waals surface area contributed by atoms with E-state index in [0.29, 0.717) is 10.5 Å². The van der Waals surface area contributed by atoms with Crippen molar-refractivity contribution in [3.8, 4) is 6.07 Å². The van der Waals surface area contributed by atoms with Gasteiger partial charge in [0.2, 0.25) is 0 Å². The number of aliphatic hydroxyl groups excluding tert-OH is 1. The summed E-state index contributed by atoms with van der Waals surface area (Å²) in [7, 11) is -3.28. The number of hydrogen-bond donors (Lipinski definition) is 1. The summed E-state index contributed by atoms with van der Waals surface area (Å²) in [5.41, 5.74) is 0.656. The fourth-order valence-electron chi connectivity index (χ4n) is 2.08. The van der Waals surface area contributed by atoms with Gasteiger partial charge in [-0.25, -0.2) is 8.42 Å². The first-order valence-corrected chi connectivity index (χ1v) is 6.57. The highest BCUT2D eigenvalue weighted by molar-refractivity contribution is 7.91. The molecule has 5 heteroatoms. The summed E-state index contributed by atoms with van der Waals surface area (Å²) in [6.07, 6.45) is 0. The summed E-state index contributed by atoms with van der Waals surface area (Å²) in [6, 6.07) is 8.64. The predicted molar refractivity (Wildman–Crippen MR) is 57.4 cm³/mol. The SMILES string of the molecule is N#CC(CO)C1CS(=O)(=O)c2ccccc21. The van der Waals surface area contributed by atoms with Crippen LogP contribution in [0.25, 0.3) is 0 Å². The van der Waals surface area contributed by atoms with Crippen LogP contribution in [-0.4, -0.2) is 25.9 Å². The Morgan fingerprint density at radius 1 is 1.50 bits per heavy atom. The van der Waals surface area contributed by atoms with Gasteiger partial charge in [-0.3, -0.25) is 0 Å². The van der Waals surface area contributed by atoms with E-state index < -0.39 is 21.7 Å². The maximum atomic E-state index is 11.8. The van der Waals surface area contributed by atoms with Crippen molar-refractivity contribution in [3.63, 3.8) is 0 Å². The molecule has 0 saturated heterocycles. The molecule has 1 heterocycles. The van der Waals surface area contributed by atoms with Crippen LogP contribution in [0.15, 0.2) is 29.2 Å². The maximum absolute atomic E-state index is 11.8. The van der Waals surface area contributed by atoms with Gasteiger partial charge in [-0.1, -0.05) is 18.2 Å². The van der Waals surface area contributed by atoms with E-state index in [1.54, 1.807) is 24.3 Å². The Kier molecular flexibility index (Phi) is 2.70. The molecule has 0 aliphatic carbocycles. The summed E-state index contributed by atoms with van der Waals surface area (Å²) in [6.45, 7) is -0.314. The van der Waals surface area contributed by atoms with Crippen LogP contribution in [0, 0.1) is 17.2 Å². The number of rotatable bonds is 2. The number of sulfone groups is 1. The minimum absolute atomic E-state index is 0.0782. The zero-order chi connectivity index (χ0) is 11.8. The third kappa shape index (κ3) is 1.60. The van der Waals surface area contributed by atoms with Crippen molar-refractivity contribution in [2.45, 2.75) is 10.8 Å². The van der Waals surface area contributed by atoms with Crippen LogP contribution in [0.4, 0.5) is 0 Å². The van der Waals surface area contributed by atoms with Gasteiger partial charge >= 0.3 is 0 Å². The number of benzene rings is 1. The van der Waals surface area contributed by atoms with Crippen molar-refractivity contribution in [2.75, 3.05) is 12.4 Å². The molecule has 1 N–H and O–H groups in total. The van der Waals surface area contributed by atoms with E-state index in [2.05, 4.69) is 0 Å². The van der Waals surface area contributed by atoms with E-state index in [4.69, 9.17) is 10.4 Å². The monoisotopic (exact) mass is 237 g/mol. The Balaban J connectivity index is 2.53. The zero-order valence-corrected chi connectivity index (χ0v) is 9.31. The molecule has 16 heavy (non-hydrogen) atoms. The lowest BCUT2D eigenvalue weighted by molar-refractivity contribution is 0.242. The first-order chi connectivity index (χ1) is 7.60. The zero-order valence-electron chi connectivity index (χ0n) is 8.50. The third-order valence-electron chi connectivity index (χ3n) is 2.90. The number of fused-ring (bicyclic) bond motifs is 1. The molecule has 4 nitrogen and oxygen atoms in total. The fraction of sp³-hybridized carbons (Fsp3) is 0.364. The van der Waals surface area contributed by atoms with Gasteiger partial charge in [0.1, 0.15) is 0 Å². The van der Waals surface area contributed by atoms with Crippen LogP contribution < -0.4 is 0 Å². The summed E-state index contributed by atoms with van der Waals surface area (Å²) < 4.78 is 23.6. The lowest BCUT2D eigenvalue weighted by Gasteiger charge is -2.13. The first-order valence-electron chi connectivity index (χ1n) is 4.92. The molecule has 0 bridgehead atoms. The molecule has 0 amide bonds. The van der Waals surface area contributed by atoms with Gasteiger partial charge in [0.15, 0.2) is 9.84 Å². The third-order valence-corrected chi connectivity index (χ3v) is 4.74. The van der Waals surface area contributed by atoms with Crippen LogP contribution in [-0.2, 0) is 9.84 Å². The van der Waals surface area contributed by atoms with Gasteiger partial charge in [0.05, 0.1) is 29.2 Å². The van der Waals surface area contributed by atoms with Crippen molar-refractivity contribution in [1.82, 2.24) is 0 Å². The smallest absolute Gasteiger partial charge is 0.179 e. The van der Waals surface area contributed by atoms with Crippen LogP contribution in [0.3, 0.4) is 0 Å². The Hall–Kier alpha value is -1.38. The van der Waals surface area contributed by atoms with Gasteiger partial charge in [0.25, 0.3) is 0 Å². The standard InChI is InChI=1S/C11H11NO3S/c12-5-8(6-13)10-7-16(14,15)11-4-2-1-3-9(10)11/h1-4,8,10,13H,6-7H2. The van der Waals surface area contributed by atoms with Gasteiger partial charge in [-0.15, -0.1) is 0 Å². The van der Waals surface area contributed by atoms with E-state index in [-0.39, 0.29) is 12.4 Å². The van der Waals surface area contributed by atoms with Crippen molar-refractivity contribution >= 4 is 9.84 Å². The van der Waals surface area contributed by atoms with Crippen molar-refractivity contribution in [3.05, 3.63) is 29.8 Å². The Bertz CT molecular complexity index is 545. The fourth-order valence-corrected chi connectivity index (χ4v) is 4.01. The highest BCUT2D eigenvalue weighted by Crippen LogP contribution is 2.38. The number of aliphatic hydroxyl groups is 1. The van der Waals surface area contributed by atoms with Crippen molar-refractivity contribution in [2.24, 2.45) is 5.92 Å². The van der Waals surface area contributed by atoms with Crippen molar-refractivity contribution in [1.29, 1.82) is 5.26 Å². The van der Waals surface area contributed by atoms with Crippen molar-refractivity contribution < 1.29 is 13.5 Å². The van der Waals surface area contributed by atoms with Crippen LogP contribution in [0.2, 0.25) is 0 Å². The normalized spacial score (nSPS) is 23.4. The Morgan fingerprint density at radius 3 is 2.81 bits per heavy atom. The van der Waals surface area contributed by atoms with E-state index in [9.17, 15) is 8.42 Å². The van der Waals surface area contributed by atoms with Crippen LogP contribution in [0.1, 0.15) is 11.5 Å². The summed E-state index contributed by atoms with van der Waals surface area (Å²) in [5, 5.41) is 17.9. The molecule has 1 aliphatic heterocycles. The second-order valence-corrected chi connectivity index (χ2v) is 5.85. The summed E-state index contributed by atoms with van der Waals surface area (Å²) in [5.74, 6) is -1.14. The average Bonchev–Trinajstić information content (AvgIpc) is 2.54. The molecule has 2 atom stereocenters. The molecule has 0 saturated carbocycles. The lowest BCUT2D eigenvalue weighted by Crippen LogP contribution is -2.16. The minimum Gasteiger partial charge on any atom is -0.395 e. The van der Waals surface area contributed by atoms with E-state index in [1.165, 1.54) is 0 Å². The van der Waals surface area contributed by atoms with E-state index >= 15 is 0 Å². The molecule has 0 fully saturated rings. The number of hydrogen-bond acceptors (Lipinski definition) is 4. The minimum atomic E-state index is -3.28. The Morgan fingerprint density at radius 2 is 2.19 bits per heavy atom. The Labute approximate surface area is 94.1 Å². The second kappa shape index (κ2) is 3.89. The molecule has 1 aromatic rings. The average molecular weight is 237 g/mol. The number of nitrogens with zero attached hydrogens (tertiary/aromatic N) is 1. The molecule has 84 valence electrons. The predicted octanol–water partition coefficient (Wildman–Crippen LogP) is 0.690.